The lowest BCUT2D eigenvalue weighted by molar-refractivity contribution is -0.122. The van der Waals surface area contributed by atoms with Gasteiger partial charge >= 0.3 is 0 Å². The van der Waals surface area contributed by atoms with Gasteiger partial charge in [0.15, 0.2) is 11.5 Å². The van der Waals surface area contributed by atoms with Gasteiger partial charge in [-0.2, -0.15) is 0 Å². The molecule has 0 bridgehead atoms. The van der Waals surface area contributed by atoms with Crippen LogP contribution in [0.25, 0.3) is 11.1 Å². The zero-order valence-corrected chi connectivity index (χ0v) is 10.4. The molecule has 0 aliphatic carbocycles. The van der Waals surface area contributed by atoms with Crippen LogP contribution in [0.4, 0.5) is 0 Å². The van der Waals surface area contributed by atoms with Gasteiger partial charge in [-0.05, 0) is 17.7 Å². The third-order valence-electron chi connectivity index (χ3n) is 2.62. The van der Waals surface area contributed by atoms with Gasteiger partial charge in [-0.1, -0.05) is 6.07 Å². The maximum Gasteiger partial charge on any atom is 0.235 e. The predicted octanol–water partition coefficient (Wildman–Crippen LogP) is 0.777. The van der Waals surface area contributed by atoms with E-state index >= 15 is 0 Å². The van der Waals surface area contributed by atoms with Gasteiger partial charge in [-0.25, -0.2) is 10.4 Å². The lowest BCUT2D eigenvalue weighted by atomic mass is 10.0. The van der Waals surface area contributed by atoms with E-state index in [-0.39, 0.29) is 18.4 Å². The highest BCUT2D eigenvalue weighted by Crippen LogP contribution is 2.21. The first kappa shape index (κ1) is 12.5. The second-order valence-corrected chi connectivity index (χ2v) is 4.07. The molecule has 1 aromatic heterocycles. The number of benzene rings is 1. The summed E-state index contributed by atoms with van der Waals surface area (Å²) in [6.07, 6.45) is 0.211. The van der Waals surface area contributed by atoms with Gasteiger partial charge in [-0.3, -0.25) is 10.2 Å². The first-order chi connectivity index (χ1) is 8.60. The average molecular weight is 248 g/mol. The number of nitrogens with two attached hydrogens (primary N) is 1. The van der Waals surface area contributed by atoms with Crippen molar-refractivity contribution in [3.63, 3.8) is 0 Å². The molecule has 0 aliphatic heterocycles. The molecule has 1 amide bonds. The lowest BCUT2D eigenvalue weighted by Gasteiger charge is -2.11. The zero-order chi connectivity index (χ0) is 13.1. The first-order valence-electron chi connectivity index (χ1n) is 5.68. The van der Waals surface area contributed by atoms with Gasteiger partial charge in [0.1, 0.15) is 5.52 Å². The van der Waals surface area contributed by atoms with Crippen LogP contribution in [0.2, 0.25) is 0 Å². The van der Waals surface area contributed by atoms with Crippen molar-refractivity contribution >= 4 is 17.0 Å². The average Bonchev–Trinajstić information content (AvgIpc) is 2.68. The molecule has 1 aromatic carbocycles. The number of hydrazine groups is 1. The molecular weight excluding hydrogens is 232 g/mol. The highest BCUT2D eigenvalue weighted by molar-refractivity contribution is 5.77. The molecule has 0 fully saturated rings. The molecule has 2 aromatic rings. The quantitative estimate of drug-likeness (QED) is 0.695. The van der Waals surface area contributed by atoms with Gasteiger partial charge in [-0.15, -0.1) is 0 Å². The van der Waals surface area contributed by atoms with E-state index in [1.54, 1.807) is 14.0 Å². The van der Waals surface area contributed by atoms with Crippen LogP contribution in [0.1, 0.15) is 23.9 Å². The van der Waals surface area contributed by atoms with Gasteiger partial charge in [0.2, 0.25) is 5.91 Å². The monoisotopic (exact) mass is 248 g/mol. The molecule has 0 radical (unpaired) electrons. The Bertz CT molecular complexity index is 564. The molecule has 4 N–H and O–H groups in total. The fourth-order valence-corrected chi connectivity index (χ4v) is 1.80. The highest BCUT2D eigenvalue weighted by atomic mass is 16.3. The minimum atomic E-state index is -0.361. The van der Waals surface area contributed by atoms with Crippen molar-refractivity contribution in [2.75, 3.05) is 7.05 Å². The molecule has 1 atom stereocenters. The van der Waals surface area contributed by atoms with E-state index in [1.165, 1.54) is 0 Å². The summed E-state index contributed by atoms with van der Waals surface area (Å²) in [5.41, 5.74) is 13.4. The standard InChI is InChI=1S/C12H16N4O2/c1-7-15-10-5-8(3-4-11(10)18-7)9(13)6-12(17)16-14-2/h3-5,9,14H,6,13H2,1-2H3,(H,16,17). The van der Waals surface area contributed by atoms with Crippen molar-refractivity contribution in [2.45, 2.75) is 19.4 Å². The molecule has 0 spiro atoms. The number of nitrogens with zero attached hydrogens (tertiary/aromatic N) is 1. The van der Waals surface area contributed by atoms with E-state index in [2.05, 4.69) is 15.8 Å². The van der Waals surface area contributed by atoms with Crippen molar-refractivity contribution in [3.8, 4) is 0 Å². The Morgan fingerprint density at radius 3 is 3.06 bits per heavy atom. The van der Waals surface area contributed by atoms with E-state index in [1.807, 2.05) is 18.2 Å². The number of amides is 1. The number of oxazole rings is 1. The van der Waals surface area contributed by atoms with Gasteiger partial charge in [0, 0.05) is 26.4 Å². The minimum Gasteiger partial charge on any atom is -0.441 e. The Balaban J connectivity index is 2.17. The maximum absolute atomic E-state index is 11.4. The van der Waals surface area contributed by atoms with E-state index in [0.717, 1.165) is 16.7 Å². The summed E-state index contributed by atoms with van der Waals surface area (Å²) < 4.78 is 5.38. The molecule has 0 saturated carbocycles. The Labute approximate surface area is 105 Å². The number of fused-ring (bicyclic) bond motifs is 1. The molecular formula is C12H16N4O2. The van der Waals surface area contributed by atoms with E-state index in [9.17, 15) is 4.79 Å². The number of hydrogen-bond acceptors (Lipinski definition) is 5. The van der Waals surface area contributed by atoms with Crippen molar-refractivity contribution in [1.29, 1.82) is 0 Å². The van der Waals surface area contributed by atoms with E-state index in [4.69, 9.17) is 10.2 Å². The maximum atomic E-state index is 11.4. The topological polar surface area (TPSA) is 93.2 Å². The minimum absolute atomic E-state index is 0.151. The largest absolute Gasteiger partial charge is 0.441 e. The molecule has 1 unspecified atom stereocenters. The molecule has 2 rings (SSSR count). The Morgan fingerprint density at radius 2 is 2.33 bits per heavy atom. The zero-order valence-electron chi connectivity index (χ0n) is 10.4. The summed E-state index contributed by atoms with van der Waals surface area (Å²) in [5, 5.41) is 0. The summed E-state index contributed by atoms with van der Waals surface area (Å²) in [4.78, 5) is 15.6. The molecule has 6 heteroatoms. The van der Waals surface area contributed by atoms with Crippen LogP contribution in [-0.4, -0.2) is 17.9 Å². The summed E-state index contributed by atoms with van der Waals surface area (Å²) >= 11 is 0. The fourth-order valence-electron chi connectivity index (χ4n) is 1.80. The Morgan fingerprint density at radius 1 is 1.56 bits per heavy atom. The first-order valence-corrected chi connectivity index (χ1v) is 5.68. The van der Waals surface area contributed by atoms with Crippen LogP contribution >= 0.6 is 0 Å². The van der Waals surface area contributed by atoms with Crippen molar-refractivity contribution in [1.82, 2.24) is 15.8 Å². The Kier molecular flexibility index (Phi) is 3.59. The number of hydrogen-bond donors (Lipinski definition) is 3. The second-order valence-electron chi connectivity index (χ2n) is 4.07. The number of rotatable bonds is 4. The number of nitrogens with one attached hydrogen (secondary N) is 2. The van der Waals surface area contributed by atoms with Crippen LogP contribution in [0.5, 0.6) is 0 Å². The summed E-state index contributed by atoms with van der Waals surface area (Å²) in [5.74, 6) is 0.463. The van der Waals surface area contributed by atoms with Crippen molar-refractivity contribution in [2.24, 2.45) is 5.73 Å². The van der Waals surface area contributed by atoms with E-state index in [0.29, 0.717) is 5.89 Å². The van der Waals surface area contributed by atoms with Crippen LogP contribution in [0.3, 0.4) is 0 Å². The number of carbonyl (C=O) groups is 1. The Hall–Kier alpha value is -1.92. The van der Waals surface area contributed by atoms with E-state index < -0.39 is 0 Å². The predicted molar refractivity (Wildman–Crippen MR) is 67.5 cm³/mol. The van der Waals surface area contributed by atoms with Crippen LogP contribution in [-0.2, 0) is 4.79 Å². The molecule has 18 heavy (non-hydrogen) atoms. The molecule has 6 nitrogen and oxygen atoms in total. The molecule has 0 saturated heterocycles. The van der Waals surface area contributed by atoms with Gasteiger partial charge in [0.25, 0.3) is 0 Å². The number of aryl methyl sites for hydroxylation is 1. The van der Waals surface area contributed by atoms with Crippen molar-refractivity contribution in [3.05, 3.63) is 29.7 Å². The third kappa shape index (κ3) is 2.66. The third-order valence-corrected chi connectivity index (χ3v) is 2.62. The van der Waals surface area contributed by atoms with Crippen LogP contribution < -0.4 is 16.6 Å². The smallest absolute Gasteiger partial charge is 0.235 e. The number of aromatic nitrogens is 1. The molecule has 1 heterocycles. The summed E-state index contributed by atoms with van der Waals surface area (Å²) in [6, 6.07) is 5.16. The van der Waals surface area contributed by atoms with Gasteiger partial charge < -0.3 is 10.2 Å². The van der Waals surface area contributed by atoms with Crippen LogP contribution in [0, 0.1) is 6.92 Å². The fraction of sp³-hybridized carbons (Fsp3) is 0.333. The summed E-state index contributed by atoms with van der Waals surface area (Å²) in [7, 11) is 1.63. The molecule has 0 aliphatic rings. The highest BCUT2D eigenvalue weighted by Gasteiger charge is 2.13. The normalized spacial score (nSPS) is 12.6. The SMILES string of the molecule is CNNC(=O)CC(N)c1ccc2oc(C)nc2c1. The van der Waals surface area contributed by atoms with Gasteiger partial charge in [0.05, 0.1) is 0 Å². The second kappa shape index (κ2) is 5.16. The summed E-state index contributed by atoms with van der Waals surface area (Å²) in [6.45, 7) is 1.79. The van der Waals surface area contributed by atoms with Crippen molar-refractivity contribution < 1.29 is 9.21 Å². The molecule has 96 valence electrons. The van der Waals surface area contributed by atoms with Crippen LogP contribution in [0.15, 0.2) is 22.6 Å². The number of carbonyl (C=O) groups excluding carboxylic acids is 1. The lowest BCUT2D eigenvalue weighted by Crippen LogP contribution is -2.36.